The van der Waals surface area contributed by atoms with E-state index in [2.05, 4.69) is 15.1 Å². The van der Waals surface area contributed by atoms with Crippen LogP contribution in [0.3, 0.4) is 0 Å². The van der Waals surface area contributed by atoms with E-state index in [1.807, 2.05) is 49.4 Å². The predicted octanol–water partition coefficient (Wildman–Crippen LogP) is 3.73. The van der Waals surface area contributed by atoms with Crippen LogP contribution in [0.2, 0.25) is 0 Å². The Morgan fingerprint density at radius 1 is 1.11 bits per heavy atom. The lowest BCUT2D eigenvalue weighted by atomic mass is 9.98. The molecule has 2 aromatic carbocycles. The van der Waals surface area contributed by atoms with E-state index in [4.69, 9.17) is 4.74 Å². The van der Waals surface area contributed by atoms with Gasteiger partial charge in [-0.15, -0.1) is 0 Å². The molecular formula is C21H20N4O2. The highest BCUT2D eigenvalue weighted by atomic mass is 16.5. The summed E-state index contributed by atoms with van der Waals surface area (Å²) in [4.78, 5) is 20.9. The Kier molecular flexibility index (Phi) is 4.54. The molecule has 1 aliphatic rings. The van der Waals surface area contributed by atoms with E-state index in [1.165, 1.54) is 0 Å². The number of carbonyl (C=O) groups excluding carboxylic acids is 1. The molecular weight excluding hydrogens is 340 g/mol. The molecule has 0 spiro atoms. The standard InChI is InChI=1S/C21H20N4O2/c1-3-27-17-7-4-15(5-8-17)19-13-21(25(24-19)14(2)26)16-6-9-18-20(12-16)23-11-10-22-18/h4-12,21H,3,13H2,1-2H3/t21-/m0/s1. The number of rotatable bonds is 4. The molecule has 6 heteroatoms. The van der Waals surface area contributed by atoms with Gasteiger partial charge in [0.1, 0.15) is 5.75 Å². The van der Waals surface area contributed by atoms with Gasteiger partial charge in [-0.1, -0.05) is 6.07 Å². The van der Waals surface area contributed by atoms with Crippen LogP contribution in [0, 0.1) is 0 Å². The molecule has 0 fully saturated rings. The Balaban J connectivity index is 1.65. The van der Waals surface area contributed by atoms with Crippen LogP contribution >= 0.6 is 0 Å². The summed E-state index contributed by atoms with van der Waals surface area (Å²) < 4.78 is 5.50. The van der Waals surface area contributed by atoms with Crippen molar-refractivity contribution in [1.29, 1.82) is 0 Å². The molecule has 0 radical (unpaired) electrons. The molecule has 1 amide bonds. The van der Waals surface area contributed by atoms with Crippen LogP contribution < -0.4 is 4.74 Å². The average Bonchev–Trinajstić information content (AvgIpc) is 3.14. The first kappa shape index (κ1) is 17.1. The van der Waals surface area contributed by atoms with E-state index >= 15 is 0 Å². The number of hydrogen-bond acceptors (Lipinski definition) is 5. The maximum absolute atomic E-state index is 12.2. The zero-order chi connectivity index (χ0) is 18.8. The molecule has 6 nitrogen and oxygen atoms in total. The Morgan fingerprint density at radius 2 is 1.85 bits per heavy atom. The van der Waals surface area contributed by atoms with Gasteiger partial charge in [-0.3, -0.25) is 14.8 Å². The molecule has 4 rings (SSSR count). The second-order valence-electron chi connectivity index (χ2n) is 6.39. The predicted molar refractivity (Wildman–Crippen MR) is 104 cm³/mol. The number of ether oxygens (including phenoxy) is 1. The van der Waals surface area contributed by atoms with Gasteiger partial charge in [0, 0.05) is 25.7 Å². The Morgan fingerprint density at radius 3 is 2.56 bits per heavy atom. The lowest BCUT2D eigenvalue weighted by molar-refractivity contribution is -0.130. The maximum Gasteiger partial charge on any atom is 0.240 e. The fourth-order valence-corrected chi connectivity index (χ4v) is 3.33. The van der Waals surface area contributed by atoms with Crippen molar-refractivity contribution >= 4 is 22.7 Å². The van der Waals surface area contributed by atoms with Crippen molar-refractivity contribution in [1.82, 2.24) is 15.0 Å². The highest BCUT2D eigenvalue weighted by Crippen LogP contribution is 2.34. The van der Waals surface area contributed by atoms with Gasteiger partial charge in [0.05, 0.1) is 29.4 Å². The van der Waals surface area contributed by atoms with Crippen molar-refractivity contribution in [3.05, 3.63) is 66.0 Å². The molecule has 0 bridgehead atoms. The van der Waals surface area contributed by atoms with Crippen molar-refractivity contribution in [2.75, 3.05) is 6.61 Å². The van der Waals surface area contributed by atoms with E-state index in [0.717, 1.165) is 33.6 Å². The monoisotopic (exact) mass is 360 g/mol. The van der Waals surface area contributed by atoms with E-state index in [-0.39, 0.29) is 11.9 Å². The van der Waals surface area contributed by atoms with Crippen molar-refractivity contribution in [3.63, 3.8) is 0 Å². The smallest absolute Gasteiger partial charge is 0.240 e. The SMILES string of the molecule is CCOc1ccc(C2=NN(C(C)=O)[C@H](c3ccc4nccnc4c3)C2)cc1. The first-order valence-electron chi connectivity index (χ1n) is 8.97. The first-order chi connectivity index (χ1) is 13.2. The van der Waals surface area contributed by atoms with Gasteiger partial charge in [0.2, 0.25) is 5.91 Å². The maximum atomic E-state index is 12.2. The zero-order valence-electron chi connectivity index (χ0n) is 15.3. The van der Waals surface area contributed by atoms with Crippen molar-refractivity contribution in [2.24, 2.45) is 5.10 Å². The molecule has 1 aromatic heterocycles. The van der Waals surface area contributed by atoms with Gasteiger partial charge < -0.3 is 4.74 Å². The second kappa shape index (κ2) is 7.15. The summed E-state index contributed by atoms with van der Waals surface area (Å²) in [5.41, 5.74) is 4.53. The van der Waals surface area contributed by atoms with Gasteiger partial charge in [-0.2, -0.15) is 5.10 Å². The van der Waals surface area contributed by atoms with Crippen LogP contribution in [0.1, 0.15) is 37.4 Å². The Labute approximate surface area is 157 Å². The molecule has 27 heavy (non-hydrogen) atoms. The van der Waals surface area contributed by atoms with E-state index in [1.54, 1.807) is 24.3 Å². The summed E-state index contributed by atoms with van der Waals surface area (Å²) in [5, 5.41) is 6.15. The third-order valence-corrected chi connectivity index (χ3v) is 4.61. The number of carbonyl (C=O) groups is 1. The van der Waals surface area contributed by atoms with Crippen LogP contribution in [0.15, 0.2) is 60.0 Å². The minimum atomic E-state index is -0.143. The highest BCUT2D eigenvalue weighted by Gasteiger charge is 2.31. The average molecular weight is 360 g/mol. The third-order valence-electron chi connectivity index (χ3n) is 4.61. The summed E-state index contributed by atoms with van der Waals surface area (Å²) in [5.74, 6) is 0.744. The number of amides is 1. The molecule has 136 valence electrons. The number of nitrogens with zero attached hydrogens (tertiary/aromatic N) is 4. The highest BCUT2D eigenvalue weighted by molar-refractivity contribution is 6.03. The second-order valence-corrected chi connectivity index (χ2v) is 6.39. The van der Waals surface area contributed by atoms with Crippen LogP contribution in [-0.4, -0.2) is 33.2 Å². The number of fused-ring (bicyclic) bond motifs is 1. The van der Waals surface area contributed by atoms with Gasteiger partial charge >= 0.3 is 0 Å². The minimum Gasteiger partial charge on any atom is -0.494 e. The molecule has 0 saturated carbocycles. The molecule has 3 aromatic rings. The third kappa shape index (κ3) is 3.38. The summed E-state index contributed by atoms with van der Waals surface area (Å²) >= 11 is 0. The van der Waals surface area contributed by atoms with Crippen molar-refractivity contribution in [2.45, 2.75) is 26.3 Å². The lowest BCUT2D eigenvalue weighted by Crippen LogP contribution is -2.24. The fraction of sp³-hybridized carbons (Fsp3) is 0.238. The molecule has 2 heterocycles. The van der Waals surface area contributed by atoms with E-state index < -0.39 is 0 Å². The summed E-state index contributed by atoms with van der Waals surface area (Å²) in [7, 11) is 0. The van der Waals surface area contributed by atoms with Gasteiger partial charge in [-0.05, 0) is 54.4 Å². The van der Waals surface area contributed by atoms with E-state index in [0.29, 0.717) is 13.0 Å². The quantitative estimate of drug-likeness (QED) is 0.711. The minimum absolute atomic E-state index is 0.0832. The lowest BCUT2D eigenvalue weighted by Gasteiger charge is -2.20. The number of hydrogen-bond donors (Lipinski definition) is 0. The van der Waals surface area contributed by atoms with Crippen LogP contribution in [-0.2, 0) is 4.79 Å². The topological polar surface area (TPSA) is 67.7 Å². The van der Waals surface area contributed by atoms with E-state index in [9.17, 15) is 4.79 Å². The first-order valence-corrected chi connectivity index (χ1v) is 8.97. The molecule has 0 aliphatic carbocycles. The number of benzene rings is 2. The Bertz CT molecular complexity index is 1010. The molecule has 1 aliphatic heterocycles. The normalized spacial score (nSPS) is 16.4. The molecule has 1 atom stereocenters. The Hall–Kier alpha value is -3.28. The van der Waals surface area contributed by atoms with Crippen molar-refractivity contribution in [3.8, 4) is 5.75 Å². The van der Waals surface area contributed by atoms with Crippen molar-refractivity contribution < 1.29 is 9.53 Å². The van der Waals surface area contributed by atoms with Crippen LogP contribution in [0.5, 0.6) is 5.75 Å². The van der Waals surface area contributed by atoms with Gasteiger partial charge in [0.15, 0.2) is 0 Å². The summed E-state index contributed by atoms with van der Waals surface area (Å²) in [6, 6.07) is 13.6. The van der Waals surface area contributed by atoms with Gasteiger partial charge in [-0.25, -0.2) is 5.01 Å². The molecule has 0 saturated heterocycles. The molecule has 0 unspecified atom stereocenters. The largest absolute Gasteiger partial charge is 0.494 e. The van der Waals surface area contributed by atoms with Crippen LogP contribution in [0.25, 0.3) is 11.0 Å². The fourth-order valence-electron chi connectivity index (χ4n) is 3.33. The summed E-state index contributed by atoms with van der Waals surface area (Å²) in [6.07, 6.45) is 4.00. The number of hydrazone groups is 1. The van der Waals surface area contributed by atoms with Gasteiger partial charge in [0.25, 0.3) is 0 Å². The number of aromatic nitrogens is 2. The zero-order valence-corrected chi connectivity index (χ0v) is 15.3. The van der Waals surface area contributed by atoms with Crippen LogP contribution in [0.4, 0.5) is 0 Å². The summed E-state index contributed by atoms with van der Waals surface area (Å²) in [6.45, 7) is 4.13. The molecule has 0 N–H and O–H groups in total.